The number of nitrogens with zero attached hydrogens (tertiary/aromatic N) is 1. The quantitative estimate of drug-likeness (QED) is 0.595. The Balaban J connectivity index is 1.41. The van der Waals surface area contributed by atoms with Gasteiger partial charge in [-0.15, -0.1) is 0 Å². The number of anilines is 1. The molecule has 1 heterocycles. The molecule has 1 fully saturated rings. The van der Waals surface area contributed by atoms with Gasteiger partial charge in [0.2, 0.25) is 0 Å². The van der Waals surface area contributed by atoms with Gasteiger partial charge in [-0.25, -0.2) is 0 Å². The van der Waals surface area contributed by atoms with Crippen molar-refractivity contribution in [1.82, 2.24) is 10.2 Å². The molecule has 162 valence electrons. The SMILES string of the molecule is O=C(NC(=S)Nc1ccccc1C(=O)N1CCOCC1)c1ccc(-c2ccccc2)cc1. The van der Waals surface area contributed by atoms with Crippen LogP contribution in [-0.2, 0) is 4.74 Å². The molecule has 3 aromatic carbocycles. The van der Waals surface area contributed by atoms with Crippen molar-refractivity contribution in [3.8, 4) is 11.1 Å². The van der Waals surface area contributed by atoms with Crippen molar-refractivity contribution in [3.05, 3.63) is 90.0 Å². The average Bonchev–Trinajstić information content (AvgIpc) is 2.85. The van der Waals surface area contributed by atoms with E-state index in [1.54, 1.807) is 35.2 Å². The van der Waals surface area contributed by atoms with Gasteiger partial charge in [0.25, 0.3) is 11.8 Å². The summed E-state index contributed by atoms with van der Waals surface area (Å²) in [7, 11) is 0. The lowest BCUT2D eigenvalue weighted by Gasteiger charge is -2.27. The number of para-hydroxylation sites is 1. The fraction of sp³-hybridized carbons (Fsp3) is 0.160. The number of morpholine rings is 1. The molecule has 2 N–H and O–H groups in total. The number of carbonyl (C=O) groups excluding carboxylic acids is 2. The summed E-state index contributed by atoms with van der Waals surface area (Å²) in [5, 5.41) is 5.80. The number of benzene rings is 3. The summed E-state index contributed by atoms with van der Waals surface area (Å²) in [4.78, 5) is 27.3. The molecule has 0 spiro atoms. The lowest BCUT2D eigenvalue weighted by atomic mass is 10.0. The zero-order valence-electron chi connectivity index (χ0n) is 17.4. The van der Waals surface area contributed by atoms with Crippen molar-refractivity contribution in [1.29, 1.82) is 0 Å². The Bertz CT molecular complexity index is 1110. The number of ether oxygens (including phenoxy) is 1. The third kappa shape index (κ3) is 5.19. The summed E-state index contributed by atoms with van der Waals surface area (Å²) in [6.45, 7) is 2.15. The highest BCUT2D eigenvalue weighted by molar-refractivity contribution is 7.80. The summed E-state index contributed by atoms with van der Waals surface area (Å²) in [6.07, 6.45) is 0. The molecule has 0 unspecified atom stereocenters. The molecule has 32 heavy (non-hydrogen) atoms. The number of thiocarbonyl (C=S) groups is 1. The zero-order valence-corrected chi connectivity index (χ0v) is 18.2. The number of rotatable bonds is 4. The van der Waals surface area contributed by atoms with Crippen molar-refractivity contribution in [3.63, 3.8) is 0 Å². The highest BCUT2D eigenvalue weighted by Gasteiger charge is 2.21. The van der Waals surface area contributed by atoms with E-state index in [4.69, 9.17) is 17.0 Å². The van der Waals surface area contributed by atoms with E-state index in [-0.39, 0.29) is 16.9 Å². The summed E-state index contributed by atoms with van der Waals surface area (Å²) in [5.41, 5.74) is 3.65. The fourth-order valence-corrected chi connectivity index (χ4v) is 3.69. The molecular weight excluding hydrogens is 422 g/mol. The van der Waals surface area contributed by atoms with Gasteiger partial charge in [0.05, 0.1) is 24.5 Å². The second kappa shape index (κ2) is 10.2. The van der Waals surface area contributed by atoms with Crippen LogP contribution in [-0.4, -0.2) is 48.1 Å². The number of nitrogens with one attached hydrogen (secondary N) is 2. The fourth-order valence-electron chi connectivity index (χ4n) is 3.49. The third-order valence-electron chi connectivity index (χ3n) is 5.19. The average molecular weight is 446 g/mol. The van der Waals surface area contributed by atoms with Gasteiger partial charge < -0.3 is 15.0 Å². The van der Waals surface area contributed by atoms with Crippen LogP contribution in [0.3, 0.4) is 0 Å². The highest BCUT2D eigenvalue weighted by atomic mass is 32.1. The monoisotopic (exact) mass is 445 g/mol. The molecule has 0 atom stereocenters. The van der Waals surface area contributed by atoms with Gasteiger partial charge in [0.15, 0.2) is 5.11 Å². The summed E-state index contributed by atoms with van der Waals surface area (Å²) >= 11 is 5.33. The Labute approximate surface area is 192 Å². The van der Waals surface area contributed by atoms with Gasteiger partial charge in [0, 0.05) is 18.7 Å². The van der Waals surface area contributed by atoms with Gasteiger partial charge in [-0.05, 0) is 47.6 Å². The standard InChI is InChI=1S/C25H23N3O3S/c29-23(20-12-10-19(11-13-20)18-6-2-1-3-7-18)27-25(32)26-22-9-5-4-8-21(22)24(30)28-14-16-31-17-15-28/h1-13H,14-17H2,(H2,26,27,29,32). The van der Waals surface area contributed by atoms with Crippen LogP contribution >= 0.6 is 12.2 Å². The van der Waals surface area contributed by atoms with Gasteiger partial charge in [-0.1, -0.05) is 54.6 Å². The minimum Gasteiger partial charge on any atom is -0.378 e. The minimum atomic E-state index is -0.320. The van der Waals surface area contributed by atoms with Crippen LogP contribution in [0.15, 0.2) is 78.9 Å². The smallest absolute Gasteiger partial charge is 0.257 e. The van der Waals surface area contributed by atoms with E-state index in [0.29, 0.717) is 43.1 Å². The van der Waals surface area contributed by atoms with Crippen LogP contribution in [0.2, 0.25) is 0 Å². The van der Waals surface area contributed by atoms with Crippen LogP contribution in [0.4, 0.5) is 5.69 Å². The first kappa shape index (κ1) is 21.7. The molecule has 0 radical (unpaired) electrons. The van der Waals surface area contributed by atoms with Gasteiger partial charge in [0.1, 0.15) is 0 Å². The minimum absolute atomic E-state index is 0.0953. The molecule has 7 heteroatoms. The van der Waals surface area contributed by atoms with Crippen molar-refractivity contribution in [2.45, 2.75) is 0 Å². The van der Waals surface area contributed by atoms with E-state index < -0.39 is 0 Å². The van der Waals surface area contributed by atoms with E-state index in [2.05, 4.69) is 10.6 Å². The molecule has 2 amide bonds. The Kier molecular flexibility index (Phi) is 6.89. The predicted octanol–water partition coefficient (Wildman–Crippen LogP) is 3.95. The largest absolute Gasteiger partial charge is 0.378 e. The van der Waals surface area contributed by atoms with Crippen molar-refractivity contribution in [2.24, 2.45) is 0 Å². The zero-order chi connectivity index (χ0) is 22.3. The first-order chi connectivity index (χ1) is 15.6. The topological polar surface area (TPSA) is 70.7 Å². The number of amides is 2. The highest BCUT2D eigenvalue weighted by Crippen LogP contribution is 2.20. The second-order valence-corrected chi connectivity index (χ2v) is 7.71. The van der Waals surface area contributed by atoms with E-state index in [0.717, 1.165) is 11.1 Å². The lowest BCUT2D eigenvalue weighted by molar-refractivity contribution is 0.0303. The van der Waals surface area contributed by atoms with Crippen LogP contribution < -0.4 is 10.6 Å². The second-order valence-electron chi connectivity index (χ2n) is 7.30. The van der Waals surface area contributed by atoms with E-state index in [1.165, 1.54) is 0 Å². The molecule has 1 saturated heterocycles. The molecule has 4 rings (SSSR count). The third-order valence-corrected chi connectivity index (χ3v) is 5.39. The Morgan fingerprint density at radius 3 is 2.16 bits per heavy atom. The van der Waals surface area contributed by atoms with Crippen LogP contribution in [0.5, 0.6) is 0 Å². The molecule has 0 aromatic heterocycles. The maximum absolute atomic E-state index is 12.9. The van der Waals surface area contributed by atoms with Crippen LogP contribution in [0.1, 0.15) is 20.7 Å². The number of carbonyl (C=O) groups is 2. The molecule has 0 aliphatic carbocycles. The van der Waals surface area contributed by atoms with Crippen molar-refractivity contribution >= 4 is 34.8 Å². The first-order valence-corrected chi connectivity index (χ1v) is 10.8. The maximum atomic E-state index is 12.9. The summed E-state index contributed by atoms with van der Waals surface area (Å²) in [5.74, 6) is -0.416. The van der Waals surface area contributed by atoms with Crippen molar-refractivity contribution < 1.29 is 14.3 Å². The van der Waals surface area contributed by atoms with Crippen molar-refractivity contribution in [2.75, 3.05) is 31.6 Å². The molecular formula is C25H23N3O3S. The number of hydrogen-bond donors (Lipinski definition) is 2. The Hall–Kier alpha value is -3.55. The first-order valence-electron chi connectivity index (χ1n) is 10.4. The van der Waals surface area contributed by atoms with Crippen LogP contribution in [0, 0.1) is 0 Å². The van der Waals surface area contributed by atoms with Crippen LogP contribution in [0.25, 0.3) is 11.1 Å². The molecule has 6 nitrogen and oxygen atoms in total. The Morgan fingerprint density at radius 2 is 1.44 bits per heavy atom. The van der Waals surface area contributed by atoms with Gasteiger partial charge >= 0.3 is 0 Å². The number of hydrogen-bond acceptors (Lipinski definition) is 4. The van der Waals surface area contributed by atoms with E-state index in [1.807, 2.05) is 48.5 Å². The Morgan fingerprint density at radius 1 is 0.812 bits per heavy atom. The molecule has 0 saturated carbocycles. The molecule has 1 aliphatic heterocycles. The molecule has 1 aliphatic rings. The van der Waals surface area contributed by atoms with E-state index >= 15 is 0 Å². The lowest BCUT2D eigenvalue weighted by Crippen LogP contribution is -2.41. The maximum Gasteiger partial charge on any atom is 0.257 e. The van der Waals surface area contributed by atoms with E-state index in [9.17, 15) is 9.59 Å². The van der Waals surface area contributed by atoms with Gasteiger partial charge in [-0.3, -0.25) is 14.9 Å². The summed E-state index contributed by atoms with van der Waals surface area (Å²) < 4.78 is 5.32. The predicted molar refractivity (Wildman–Crippen MR) is 129 cm³/mol. The molecule has 0 bridgehead atoms. The molecule has 3 aromatic rings. The summed E-state index contributed by atoms with van der Waals surface area (Å²) in [6, 6.07) is 24.4. The normalized spacial score (nSPS) is 13.3. The van der Waals surface area contributed by atoms with Gasteiger partial charge in [-0.2, -0.15) is 0 Å².